The molecule has 0 aromatic carbocycles. The van der Waals surface area contributed by atoms with Crippen LogP contribution in [0.4, 0.5) is 13.2 Å². The smallest absolute Gasteiger partial charge is 0.471 e. The summed E-state index contributed by atoms with van der Waals surface area (Å²) in [5.74, 6) is -2.89. The number of carboxylic acid groups (broad SMARTS) is 1. The summed E-state index contributed by atoms with van der Waals surface area (Å²) in [6, 6.07) is -1.39. The van der Waals surface area contributed by atoms with Crippen molar-refractivity contribution in [2.45, 2.75) is 24.0 Å². The second-order valence-electron chi connectivity index (χ2n) is 3.63. The van der Waals surface area contributed by atoms with E-state index >= 15 is 0 Å². The molecule has 0 aromatic rings. The largest absolute Gasteiger partial charge is 0.480 e. The highest BCUT2D eigenvalue weighted by atomic mass is 32.2. The molecule has 0 aliphatic carbocycles. The second-order valence-corrected chi connectivity index (χ2v) is 5.83. The molecule has 18 heavy (non-hydrogen) atoms. The summed E-state index contributed by atoms with van der Waals surface area (Å²) in [5.41, 5.74) is 0. The van der Waals surface area contributed by atoms with Crippen LogP contribution in [0.15, 0.2) is 0 Å². The number of thioether (sulfide) groups is 2. The van der Waals surface area contributed by atoms with E-state index in [0.29, 0.717) is 17.1 Å². The molecule has 2 unspecified atom stereocenters. The molecule has 9 heteroatoms. The third-order valence-corrected chi connectivity index (χ3v) is 4.42. The molecule has 1 heterocycles. The second kappa shape index (κ2) is 6.05. The van der Waals surface area contributed by atoms with Crippen LogP contribution >= 0.6 is 23.5 Å². The van der Waals surface area contributed by atoms with E-state index in [1.165, 1.54) is 11.8 Å². The summed E-state index contributed by atoms with van der Waals surface area (Å²) in [6.45, 7) is 0. The fourth-order valence-electron chi connectivity index (χ4n) is 1.61. The van der Waals surface area contributed by atoms with Crippen molar-refractivity contribution >= 4 is 35.4 Å². The average molecular weight is 303 g/mol. The zero-order chi connectivity index (χ0) is 13.9. The van der Waals surface area contributed by atoms with Crippen LogP contribution < -0.4 is 0 Å². The fourth-order valence-corrected chi connectivity index (χ4v) is 3.62. The average Bonchev–Trinajstić information content (AvgIpc) is 2.67. The molecule has 0 saturated carbocycles. The highest BCUT2D eigenvalue weighted by Gasteiger charge is 2.51. The number of hydrogen-bond donors (Lipinski definition) is 1. The topological polar surface area (TPSA) is 57.6 Å². The molecule has 1 N–H and O–H groups in total. The minimum Gasteiger partial charge on any atom is -0.480 e. The van der Waals surface area contributed by atoms with Gasteiger partial charge in [-0.05, 0) is 18.4 Å². The Kier molecular flexibility index (Phi) is 5.20. The van der Waals surface area contributed by atoms with Crippen molar-refractivity contribution in [3.05, 3.63) is 0 Å². The highest BCUT2D eigenvalue weighted by Crippen LogP contribution is 2.35. The molecule has 2 atom stereocenters. The first kappa shape index (κ1) is 15.5. The van der Waals surface area contributed by atoms with Crippen LogP contribution in [0.5, 0.6) is 0 Å². The van der Waals surface area contributed by atoms with Gasteiger partial charge in [0.25, 0.3) is 0 Å². The van der Waals surface area contributed by atoms with E-state index in [2.05, 4.69) is 0 Å². The first-order chi connectivity index (χ1) is 8.29. The number of nitrogens with zero attached hydrogens (tertiary/aromatic N) is 1. The van der Waals surface area contributed by atoms with Gasteiger partial charge in [-0.3, -0.25) is 4.79 Å². The lowest BCUT2D eigenvalue weighted by molar-refractivity contribution is -0.189. The van der Waals surface area contributed by atoms with Crippen molar-refractivity contribution < 1.29 is 27.9 Å². The Morgan fingerprint density at radius 2 is 2.11 bits per heavy atom. The Hall–Kier alpha value is -0.570. The summed E-state index contributed by atoms with van der Waals surface area (Å²) < 4.78 is 37.3. The van der Waals surface area contributed by atoms with Gasteiger partial charge in [-0.1, -0.05) is 0 Å². The molecule has 1 rings (SSSR count). The first-order valence-corrected chi connectivity index (χ1v) is 7.46. The third-order valence-electron chi connectivity index (χ3n) is 2.42. The third kappa shape index (κ3) is 3.47. The van der Waals surface area contributed by atoms with E-state index in [1.54, 1.807) is 6.26 Å². The van der Waals surface area contributed by atoms with Crippen molar-refractivity contribution in [3.63, 3.8) is 0 Å². The lowest BCUT2D eigenvalue weighted by Gasteiger charge is -2.27. The van der Waals surface area contributed by atoms with E-state index in [9.17, 15) is 22.8 Å². The quantitative estimate of drug-likeness (QED) is 0.856. The fraction of sp³-hybridized carbons (Fsp3) is 0.778. The van der Waals surface area contributed by atoms with E-state index in [-0.39, 0.29) is 5.75 Å². The number of rotatable bonds is 4. The monoisotopic (exact) mass is 303 g/mol. The maximum absolute atomic E-state index is 12.4. The predicted molar refractivity (Wildman–Crippen MR) is 63.6 cm³/mol. The molecule has 0 spiro atoms. The molecule has 0 aromatic heterocycles. The van der Waals surface area contributed by atoms with Gasteiger partial charge in [-0.25, -0.2) is 4.79 Å². The van der Waals surface area contributed by atoms with Crippen LogP contribution in [-0.2, 0) is 9.59 Å². The molecule has 0 radical (unpaired) electrons. The first-order valence-electron chi connectivity index (χ1n) is 5.02. The number of carbonyl (C=O) groups is 2. The SMILES string of the molecule is CSCCC1SCC(C(=O)O)N1C(=O)C(F)(F)F. The normalized spacial score (nSPS) is 24.3. The van der Waals surface area contributed by atoms with Crippen LogP contribution in [0.3, 0.4) is 0 Å². The van der Waals surface area contributed by atoms with Gasteiger partial charge >= 0.3 is 18.1 Å². The van der Waals surface area contributed by atoms with Crippen molar-refractivity contribution in [2.75, 3.05) is 17.8 Å². The molecule has 4 nitrogen and oxygen atoms in total. The molecular weight excluding hydrogens is 291 g/mol. The standard InChI is InChI=1S/C9H12F3NO3S2/c1-17-3-2-6-13(8(16)9(10,11)12)5(4-18-6)7(14)15/h5-6H,2-4H2,1H3,(H,14,15). The summed E-state index contributed by atoms with van der Waals surface area (Å²) in [5, 5.41) is 8.15. The minimum absolute atomic E-state index is 0.00377. The lowest BCUT2D eigenvalue weighted by Crippen LogP contribution is -2.51. The van der Waals surface area contributed by atoms with Gasteiger partial charge in [-0.2, -0.15) is 24.9 Å². The summed E-state index contributed by atoms with van der Waals surface area (Å²) in [4.78, 5) is 22.6. The summed E-state index contributed by atoms with van der Waals surface area (Å²) in [7, 11) is 0. The number of aliphatic carboxylic acids is 1. The molecule has 0 bridgehead atoms. The van der Waals surface area contributed by atoms with Gasteiger partial charge in [0.15, 0.2) is 0 Å². The van der Waals surface area contributed by atoms with Gasteiger partial charge in [-0.15, -0.1) is 11.8 Å². The molecule has 1 fully saturated rings. The maximum atomic E-state index is 12.4. The Morgan fingerprint density at radius 1 is 1.50 bits per heavy atom. The van der Waals surface area contributed by atoms with Crippen molar-refractivity contribution in [2.24, 2.45) is 0 Å². The molecule has 1 amide bonds. The Labute approximate surface area is 110 Å². The lowest BCUT2D eigenvalue weighted by atomic mass is 10.2. The minimum atomic E-state index is -5.03. The number of halogens is 3. The van der Waals surface area contributed by atoms with Gasteiger partial charge < -0.3 is 10.0 Å². The Morgan fingerprint density at radius 3 is 2.56 bits per heavy atom. The number of carboxylic acids is 1. The Balaban J connectivity index is 2.88. The van der Waals surface area contributed by atoms with E-state index in [4.69, 9.17) is 5.11 Å². The summed E-state index contributed by atoms with van der Waals surface area (Å²) >= 11 is 2.52. The van der Waals surface area contributed by atoms with E-state index in [0.717, 1.165) is 11.8 Å². The molecule has 1 aliphatic rings. The highest BCUT2D eigenvalue weighted by molar-refractivity contribution is 8.00. The number of hydrogen-bond acceptors (Lipinski definition) is 4. The van der Waals surface area contributed by atoms with Crippen LogP contribution in [0.25, 0.3) is 0 Å². The zero-order valence-electron chi connectivity index (χ0n) is 9.44. The van der Waals surface area contributed by atoms with Gasteiger partial charge in [0.2, 0.25) is 0 Å². The number of carbonyl (C=O) groups excluding carboxylic acids is 1. The molecule has 1 saturated heterocycles. The van der Waals surface area contributed by atoms with Crippen molar-refractivity contribution in [3.8, 4) is 0 Å². The van der Waals surface area contributed by atoms with Gasteiger partial charge in [0.1, 0.15) is 6.04 Å². The van der Waals surface area contributed by atoms with Crippen LogP contribution in [0, 0.1) is 0 Å². The van der Waals surface area contributed by atoms with E-state index < -0.39 is 29.5 Å². The van der Waals surface area contributed by atoms with Gasteiger partial charge in [0, 0.05) is 5.75 Å². The van der Waals surface area contributed by atoms with Crippen LogP contribution in [0.1, 0.15) is 6.42 Å². The van der Waals surface area contributed by atoms with Gasteiger partial charge in [0.05, 0.1) is 5.37 Å². The summed E-state index contributed by atoms with van der Waals surface area (Å²) in [6.07, 6.45) is -2.89. The van der Waals surface area contributed by atoms with E-state index in [1.807, 2.05) is 0 Å². The Bertz CT molecular complexity index is 338. The number of amides is 1. The maximum Gasteiger partial charge on any atom is 0.471 e. The predicted octanol–water partition coefficient (Wildman–Crippen LogP) is 1.66. The number of alkyl halides is 3. The van der Waals surface area contributed by atoms with Crippen molar-refractivity contribution in [1.29, 1.82) is 0 Å². The van der Waals surface area contributed by atoms with Crippen LogP contribution in [-0.4, -0.2) is 57.2 Å². The van der Waals surface area contributed by atoms with Crippen molar-refractivity contribution in [1.82, 2.24) is 4.90 Å². The molecular formula is C9H12F3NO3S2. The van der Waals surface area contributed by atoms with Crippen LogP contribution in [0.2, 0.25) is 0 Å². The molecule has 104 valence electrons. The molecule has 1 aliphatic heterocycles. The zero-order valence-corrected chi connectivity index (χ0v) is 11.1.